The monoisotopic (exact) mass is 437 g/mol. The summed E-state index contributed by atoms with van der Waals surface area (Å²) in [5, 5.41) is 4.61. The Hall–Kier alpha value is -3.53. The van der Waals surface area contributed by atoms with Gasteiger partial charge in [0.1, 0.15) is 0 Å². The summed E-state index contributed by atoms with van der Waals surface area (Å²) < 4.78 is 0. The maximum Gasteiger partial charge on any atom is 0.318 e. The lowest BCUT2D eigenvalue weighted by Crippen LogP contribution is -2.45. The molecule has 0 saturated carbocycles. The molecular formula is C29H31N3O. The third-order valence-corrected chi connectivity index (χ3v) is 6.98. The van der Waals surface area contributed by atoms with Gasteiger partial charge in [-0.3, -0.25) is 0 Å². The number of aryl methyl sites for hydroxylation is 2. The van der Waals surface area contributed by atoms with Crippen molar-refractivity contribution < 1.29 is 4.79 Å². The van der Waals surface area contributed by atoms with E-state index in [1.807, 2.05) is 41.3 Å². The fourth-order valence-electron chi connectivity index (χ4n) is 5.11. The molecule has 0 spiro atoms. The van der Waals surface area contributed by atoms with Crippen LogP contribution < -0.4 is 5.32 Å². The van der Waals surface area contributed by atoms with Crippen LogP contribution in [0.3, 0.4) is 0 Å². The first kappa shape index (κ1) is 21.3. The SMILES string of the molecule is Cc1ccc2[nH]c(C3CCN(C(=O)NC(c4ccccc4)c4ccccc4)CC3)c(C)c2c1. The molecule has 1 aromatic heterocycles. The summed E-state index contributed by atoms with van der Waals surface area (Å²) >= 11 is 0. The molecule has 0 unspecified atom stereocenters. The second-order valence-corrected chi connectivity index (χ2v) is 9.18. The number of fused-ring (bicyclic) bond motifs is 1. The van der Waals surface area contributed by atoms with Crippen molar-refractivity contribution in [3.63, 3.8) is 0 Å². The number of nitrogens with one attached hydrogen (secondary N) is 2. The summed E-state index contributed by atoms with van der Waals surface area (Å²) in [6, 6.07) is 26.8. The van der Waals surface area contributed by atoms with Gasteiger partial charge in [-0.1, -0.05) is 72.3 Å². The minimum absolute atomic E-state index is 0.00940. The molecule has 0 bridgehead atoms. The van der Waals surface area contributed by atoms with E-state index in [9.17, 15) is 4.79 Å². The maximum atomic E-state index is 13.3. The molecule has 4 heteroatoms. The zero-order chi connectivity index (χ0) is 22.8. The first-order valence-corrected chi connectivity index (χ1v) is 11.8. The number of carbonyl (C=O) groups excluding carboxylic acids is 1. The Labute approximate surface area is 195 Å². The largest absolute Gasteiger partial charge is 0.358 e. The number of H-pyrrole nitrogens is 1. The Morgan fingerprint density at radius 3 is 2.12 bits per heavy atom. The highest BCUT2D eigenvalue weighted by Gasteiger charge is 2.28. The molecule has 4 aromatic rings. The van der Waals surface area contributed by atoms with Crippen molar-refractivity contribution in [2.24, 2.45) is 0 Å². The zero-order valence-electron chi connectivity index (χ0n) is 19.3. The maximum absolute atomic E-state index is 13.3. The molecule has 0 atom stereocenters. The quantitative estimate of drug-likeness (QED) is 0.378. The summed E-state index contributed by atoms with van der Waals surface area (Å²) in [4.78, 5) is 18.9. The van der Waals surface area contributed by atoms with Gasteiger partial charge in [0.25, 0.3) is 0 Å². The Morgan fingerprint density at radius 2 is 1.52 bits per heavy atom. The van der Waals surface area contributed by atoms with Crippen molar-refractivity contribution in [3.05, 3.63) is 107 Å². The molecule has 1 saturated heterocycles. The van der Waals surface area contributed by atoms with Crippen molar-refractivity contribution >= 4 is 16.9 Å². The van der Waals surface area contributed by atoms with Gasteiger partial charge in [0.2, 0.25) is 0 Å². The van der Waals surface area contributed by atoms with E-state index in [2.05, 4.69) is 66.6 Å². The van der Waals surface area contributed by atoms with Crippen LogP contribution in [0.4, 0.5) is 4.79 Å². The standard InChI is InChI=1S/C29H31N3O/c1-20-13-14-26-25(19-20)21(2)27(30-26)24-15-17-32(18-16-24)29(33)31-28(22-9-5-3-6-10-22)23-11-7-4-8-12-23/h3-14,19,24,28,30H,15-18H2,1-2H3,(H,31,33). The molecule has 2 amide bonds. The highest BCUT2D eigenvalue weighted by atomic mass is 16.2. The van der Waals surface area contributed by atoms with Crippen LogP contribution in [-0.4, -0.2) is 29.0 Å². The summed E-state index contributed by atoms with van der Waals surface area (Å²) in [5.74, 6) is 0.459. The first-order chi connectivity index (χ1) is 16.1. The molecule has 1 aliphatic heterocycles. The van der Waals surface area contributed by atoms with Crippen LogP contribution in [0.1, 0.15) is 52.7 Å². The molecule has 3 aromatic carbocycles. The number of hydrogen-bond acceptors (Lipinski definition) is 1. The lowest BCUT2D eigenvalue weighted by atomic mass is 9.91. The summed E-state index contributed by atoms with van der Waals surface area (Å²) in [6.07, 6.45) is 1.95. The van der Waals surface area contributed by atoms with E-state index in [0.717, 1.165) is 37.1 Å². The Morgan fingerprint density at radius 1 is 0.909 bits per heavy atom. The Bertz CT molecular complexity index is 1200. The van der Waals surface area contributed by atoms with Crippen molar-refractivity contribution in [1.82, 2.24) is 15.2 Å². The molecule has 0 radical (unpaired) electrons. The molecule has 0 aliphatic carbocycles. The van der Waals surface area contributed by atoms with Crippen LogP contribution in [0, 0.1) is 13.8 Å². The van der Waals surface area contributed by atoms with E-state index in [1.165, 1.54) is 27.7 Å². The normalized spacial score (nSPS) is 14.7. The van der Waals surface area contributed by atoms with E-state index in [-0.39, 0.29) is 12.1 Å². The van der Waals surface area contributed by atoms with E-state index in [4.69, 9.17) is 0 Å². The van der Waals surface area contributed by atoms with E-state index >= 15 is 0 Å². The fourth-order valence-corrected chi connectivity index (χ4v) is 5.11. The van der Waals surface area contributed by atoms with Crippen molar-refractivity contribution in [3.8, 4) is 0 Å². The Kier molecular flexibility index (Phi) is 5.91. The predicted octanol–water partition coefficient (Wildman–Crippen LogP) is 6.46. The number of nitrogens with zero attached hydrogens (tertiary/aromatic N) is 1. The number of likely N-dealkylation sites (tertiary alicyclic amines) is 1. The predicted molar refractivity (Wildman–Crippen MR) is 135 cm³/mol. The number of urea groups is 1. The zero-order valence-corrected chi connectivity index (χ0v) is 19.3. The highest BCUT2D eigenvalue weighted by molar-refractivity contribution is 5.85. The van der Waals surface area contributed by atoms with Crippen LogP contribution in [0.15, 0.2) is 78.9 Å². The van der Waals surface area contributed by atoms with E-state index < -0.39 is 0 Å². The van der Waals surface area contributed by atoms with Crippen molar-refractivity contribution in [2.75, 3.05) is 13.1 Å². The number of aromatic nitrogens is 1. The van der Waals surface area contributed by atoms with E-state index in [0.29, 0.717) is 5.92 Å². The lowest BCUT2D eigenvalue weighted by Gasteiger charge is -2.33. The second kappa shape index (κ2) is 9.14. The van der Waals surface area contributed by atoms with Crippen LogP contribution in [0.2, 0.25) is 0 Å². The third kappa shape index (κ3) is 4.38. The minimum atomic E-state index is -0.156. The number of hydrogen-bond donors (Lipinski definition) is 2. The highest BCUT2D eigenvalue weighted by Crippen LogP contribution is 2.34. The fraction of sp³-hybridized carbons (Fsp3) is 0.276. The summed E-state index contributed by atoms with van der Waals surface area (Å²) in [7, 11) is 0. The Balaban J connectivity index is 1.29. The lowest BCUT2D eigenvalue weighted by molar-refractivity contribution is 0.178. The average molecular weight is 438 g/mol. The molecule has 1 aliphatic rings. The molecule has 168 valence electrons. The van der Waals surface area contributed by atoms with Crippen LogP contribution >= 0.6 is 0 Å². The third-order valence-electron chi connectivity index (χ3n) is 6.98. The first-order valence-electron chi connectivity index (χ1n) is 11.8. The topological polar surface area (TPSA) is 48.1 Å². The molecule has 2 heterocycles. The number of amides is 2. The van der Waals surface area contributed by atoms with Gasteiger partial charge < -0.3 is 15.2 Å². The molecule has 2 N–H and O–H groups in total. The summed E-state index contributed by atoms with van der Waals surface area (Å²) in [6.45, 7) is 5.89. The van der Waals surface area contributed by atoms with Gasteiger partial charge in [-0.05, 0) is 55.5 Å². The van der Waals surface area contributed by atoms with Gasteiger partial charge in [-0.25, -0.2) is 4.79 Å². The van der Waals surface area contributed by atoms with Gasteiger partial charge >= 0.3 is 6.03 Å². The van der Waals surface area contributed by atoms with E-state index in [1.54, 1.807) is 0 Å². The number of carbonyl (C=O) groups is 1. The van der Waals surface area contributed by atoms with Crippen LogP contribution in [0.25, 0.3) is 10.9 Å². The van der Waals surface area contributed by atoms with Crippen LogP contribution in [-0.2, 0) is 0 Å². The van der Waals surface area contributed by atoms with Gasteiger partial charge in [-0.2, -0.15) is 0 Å². The number of aromatic amines is 1. The van der Waals surface area contributed by atoms with Gasteiger partial charge in [-0.15, -0.1) is 0 Å². The van der Waals surface area contributed by atoms with Crippen molar-refractivity contribution in [2.45, 2.75) is 38.6 Å². The molecular weight excluding hydrogens is 406 g/mol. The smallest absolute Gasteiger partial charge is 0.318 e. The average Bonchev–Trinajstić information content (AvgIpc) is 3.19. The second-order valence-electron chi connectivity index (χ2n) is 9.18. The molecule has 4 nitrogen and oxygen atoms in total. The van der Waals surface area contributed by atoms with Gasteiger partial charge in [0.05, 0.1) is 6.04 Å². The number of benzene rings is 3. The number of piperidine rings is 1. The van der Waals surface area contributed by atoms with Crippen molar-refractivity contribution in [1.29, 1.82) is 0 Å². The molecule has 1 fully saturated rings. The number of rotatable bonds is 4. The molecule has 5 rings (SSSR count). The van der Waals surface area contributed by atoms with Gasteiger partial charge in [0, 0.05) is 35.6 Å². The molecule has 33 heavy (non-hydrogen) atoms. The minimum Gasteiger partial charge on any atom is -0.358 e. The van der Waals surface area contributed by atoms with Crippen LogP contribution in [0.5, 0.6) is 0 Å². The van der Waals surface area contributed by atoms with Gasteiger partial charge in [0.15, 0.2) is 0 Å². The summed E-state index contributed by atoms with van der Waals surface area (Å²) in [5.41, 5.74) is 7.37.